The minimum absolute atomic E-state index is 0.00412. The molecular formula is C17H22N6O3. The molecule has 1 saturated heterocycles. The molecule has 0 aromatic carbocycles. The van der Waals surface area contributed by atoms with Crippen molar-refractivity contribution in [3.8, 4) is 0 Å². The maximum atomic E-state index is 12.7. The Morgan fingerprint density at radius 1 is 1.38 bits per heavy atom. The number of carbonyl (C=O) groups excluding carboxylic acids is 1. The van der Waals surface area contributed by atoms with Gasteiger partial charge in [-0.05, 0) is 26.3 Å². The van der Waals surface area contributed by atoms with E-state index in [-0.39, 0.29) is 30.2 Å². The number of fused-ring (bicyclic) bond motifs is 3. The van der Waals surface area contributed by atoms with Crippen molar-refractivity contribution in [1.29, 1.82) is 0 Å². The lowest BCUT2D eigenvalue weighted by molar-refractivity contribution is -0.138. The molecule has 2 atom stereocenters. The lowest BCUT2D eigenvalue weighted by atomic mass is 10.00. The molecule has 4 rings (SSSR count). The molecule has 4 heterocycles. The summed E-state index contributed by atoms with van der Waals surface area (Å²) < 4.78 is 9.31. The summed E-state index contributed by atoms with van der Waals surface area (Å²) in [4.78, 5) is 30.5. The van der Waals surface area contributed by atoms with Crippen LogP contribution in [0, 0.1) is 13.8 Å². The molecule has 9 heteroatoms. The van der Waals surface area contributed by atoms with Crippen LogP contribution in [0.4, 0.5) is 0 Å². The summed E-state index contributed by atoms with van der Waals surface area (Å²) in [5.74, 6) is 0.0302. The Kier molecular flexibility index (Phi) is 4.31. The molecule has 0 saturated carbocycles. The van der Waals surface area contributed by atoms with E-state index in [2.05, 4.69) is 15.3 Å². The second-order valence-electron chi connectivity index (χ2n) is 6.94. The molecule has 2 aliphatic heterocycles. The van der Waals surface area contributed by atoms with Crippen LogP contribution in [0.15, 0.2) is 17.1 Å². The van der Waals surface area contributed by atoms with Crippen molar-refractivity contribution >= 4 is 5.91 Å². The van der Waals surface area contributed by atoms with Gasteiger partial charge >= 0.3 is 5.69 Å². The number of carbonyl (C=O) groups is 1. The van der Waals surface area contributed by atoms with Crippen molar-refractivity contribution < 1.29 is 9.53 Å². The van der Waals surface area contributed by atoms with Crippen molar-refractivity contribution in [3.63, 3.8) is 0 Å². The van der Waals surface area contributed by atoms with Crippen molar-refractivity contribution in [2.24, 2.45) is 0 Å². The number of likely N-dealkylation sites (tertiary alicyclic amines) is 1. The molecule has 2 aliphatic rings. The zero-order valence-electron chi connectivity index (χ0n) is 15.0. The van der Waals surface area contributed by atoms with Gasteiger partial charge in [0.05, 0.1) is 30.6 Å². The van der Waals surface area contributed by atoms with Crippen LogP contribution in [0.3, 0.4) is 0 Å². The van der Waals surface area contributed by atoms with E-state index in [1.165, 1.54) is 0 Å². The monoisotopic (exact) mass is 358 g/mol. The van der Waals surface area contributed by atoms with Crippen LogP contribution in [0.25, 0.3) is 0 Å². The second-order valence-corrected chi connectivity index (χ2v) is 6.94. The highest BCUT2D eigenvalue weighted by molar-refractivity contribution is 5.76. The van der Waals surface area contributed by atoms with E-state index >= 15 is 0 Å². The molecule has 2 aromatic heterocycles. The standard InChI is InChI=1S/C17H22N6O3/c1-11-7-12(2)22(17(25)19-11)6-4-16(24)21-5-3-15-14(9-21)23-13(10-26-15)8-18-20-23/h7-8,14-15H,3-6,9-10H2,1-2H3. The van der Waals surface area contributed by atoms with Crippen LogP contribution in [0.2, 0.25) is 0 Å². The lowest BCUT2D eigenvalue weighted by Crippen LogP contribution is -2.50. The minimum atomic E-state index is -0.304. The predicted octanol–water partition coefficient (Wildman–Crippen LogP) is 0.214. The van der Waals surface area contributed by atoms with Crippen LogP contribution in [0.1, 0.15) is 36.0 Å². The Bertz CT molecular complexity index is 889. The third kappa shape index (κ3) is 3.03. The fraction of sp³-hybridized carbons (Fsp3) is 0.588. The first-order valence-corrected chi connectivity index (χ1v) is 8.86. The van der Waals surface area contributed by atoms with Crippen LogP contribution in [-0.2, 0) is 22.7 Å². The van der Waals surface area contributed by atoms with E-state index in [0.29, 0.717) is 31.9 Å². The summed E-state index contributed by atoms with van der Waals surface area (Å²) in [5, 5.41) is 8.11. The summed E-state index contributed by atoms with van der Waals surface area (Å²) in [6, 6.07) is 1.85. The first kappa shape index (κ1) is 16.9. The third-order valence-corrected chi connectivity index (χ3v) is 5.18. The first-order valence-electron chi connectivity index (χ1n) is 8.86. The van der Waals surface area contributed by atoms with E-state index in [4.69, 9.17) is 4.74 Å². The number of amides is 1. The Morgan fingerprint density at radius 3 is 3.04 bits per heavy atom. The van der Waals surface area contributed by atoms with Gasteiger partial charge in [0.15, 0.2) is 0 Å². The molecule has 0 aliphatic carbocycles. The number of aromatic nitrogens is 5. The molecule has 26 heavy (non-hydrogen) atoms. The highest BCUT2D eigenvalue weighted by Gasteiger charge is 2.37. The molecule has 0 N–H and O–H groups in total. The van der Waals surface area contributed by atoms with Gasteiger partial charge in [0.25, 0.3) is 0 Å². The lowest BCUT2D eigenvalue weighted by Gasteiger charge is -2.41. The predicted molar refractivity (Wildman–Crippen MR) is 91.4 cm³/mol. The fourth-order valence-electron chi connectivity index (χ4n) is 3.82. The van der Waals surface area contributed by atoms with Gasteiger partial charge in [0, 0.05) is 37.4 Å². The number of ether oxygens (including phenoxy) is 1. The van der Waals surface area contributed by atoms with Crippen LogP contribution in [-0.4, -0.2) is 54.5 Å². The van der Waals surface area contributed by atoms with E-state index in [0.717, 1.165) is 17.8 Å². The van der Waals surface area contributed by atoms with E-state index in [1.807, 2.05) is 22.6 Å². The van der Waals surface area contributed by atoms with Gasteiger partial charge in [-0.25, -0.2) is 9.48 Å². The quantitative estimate of drug-likeness (QED) is 0.779. The van der Waals surface area contributed by atoms with Crippen molar-refractivity contribution in [2.45, 2.75) is 52.0 Å². The van der Waals surface area contributed by atoms with Gasteiger partial charge in [0.1, 0.15) is 0 Å². The van der Waals surface area contributed by atoms with Crippen LogP contribution < -0.4 is 5.69 Å². The highest BCUT2D eigenvalue weighted by atomic mass is 16.5. The summed E-state index contributed by atoms with van der Waals surface area (Å²) in [6.07, 6.45) is 2.82. The van der Waals surface area contributed by atoms with Crippen molar-refractivity contribution in [1.82, 2.24) is 29.4 Å². The molecular weight excluding hydrogens is 336 g/mol. The number of piperidine rings is 1. The maximum absolute atomic E-state index is 12.7. The number of aryl methyl sites for hydroxylation is 2. The van der Waals surface area contributed by atoms with Crippen molar-refractivity contribution in [3.05, 3.63) is 39.8 Å². The smallest absolute Gasteiger partial charge is 0.347 e. The van der Waals surface area contributed by atoms with Crippen LogP contribution >= 0.6 is 0 Å². The second kappa shape index (κ2) is 6.64. The van der Waals surface area contributed by atoms with E-state index in [9.17, 15) is 9.59 Å². The maximum Gasteiger partial charge on any atom is 0.347 e. The van der Waals surface area contributed by atoms with E-state index in [1.54, 1.807) is 17.7 Å². The zero-order chi connectivity index (χ0) is 18.3. The Balaban J connectivity index is 1.43. The molecule has 2 unspecified atom stereocenters. The largest absolute Gasteiger partial charge is 0.370 e. The topological polar surface area (TPSA) is 95.1 Å². The SMILES string of the molecule is Cc1cc(C)n(CCC(=O)N2CCC3OCc4cnnn4C3C2)c(=O)n1. The van der Waals surface area contributed by atoms with Crippen LogP contribution in [0.5, 0.6) is 0 Å². The average Bonchev–Trinajstić information content (AvgIpc) is 3.09. The van der Waals surface area contributed by atoms with E-state index < -0.39 is 0 Å². The Morgan fingerprint density at radius 2 is 2.23 bits per heavy atom. The minimum Gasteiger partial charge on any atom is -0.370 e. The number of rotatable bonds is 3. The fourth-order valence-corrected chi connectivity index (χ4v) is 3.82. The summed E-state index contributed by atoms with van der Waals surface area (Å²) >= 11 is 0. The molecule has 0 spiro atoms. The average molecular weight is 358 g/mol. The number of hydrogen-bond acceptors (Lipinski definition) is 6. The number of hydrogen-bond donors (Lipinski definition) is 0. The van der Waals surface area contributed by atoms with Gasteiger partial charge in [-0.3, -0.25) is 9.36 Å². The summed E-state index contributed by atoms with van der Waals surface area (Å²) in [6.45, 7) is 5.72. The van der Waals surface area contributed by atoms with Gasteiger partial charge in [-0.15, -0.1) is 5.10 Å². The molecule has 2 aromatic rings. The number of nitrogens with zero attached hydrogens (tertiary/aromatic N) is 6. The molecule has 138 valence electrons. The zero-order valence-corrected chi connectivity index (χ0v) is 15.0. The molecule has 0 radical (unpaired) electrons. The molecule has 0 bridgehead atoms. The van der Waals surface area contributed by atoms with Crippen molar-refractivity contribution in [2.75, 3.05) is 13.1 Å². The Hall–Kier alpha value is -2.55. The van der Waals surface area contributed by atoms with Gasteiger partial charge in [0.2, 0.25) is 5.91 Å². The Labute approximate surface area is 150 Å². The molecule has 9 nitrogen and oxygen atoms in total. The highest BCUT2D eigenvalue weighted by Crippen LogP contribution is 2.30. The third-order valence-electron chi connectivity index (χ3n) is 5.18. The van der Waals surface area contributed by atoms with Gasteiger partial charge in [-0.2, -0.15) is 4.98 Å². The van der Waals surface area contributed by atoms with Gasteiger partial charge < -0.3 is 9.64 Å². The van der Waals surface area contributed by atoms with Gasteiger partial charge in [-0.1, -0.05) is 5.21 Å². The normalized spacial score (nSPS) is 22.0. The summed E-state index contributed by atoms with van der Waals surface area (Å²) in [5.41, 5.74) is 2.15. The molecule has 1 fully saturated rings. The molecule has 1 amide bonds. The first-order chi connectivity index (χ1) is 12.5. The summed E-state index contributed by atoms with van der Waals surface area (Å²) in [7, 11) is 0.